The maximum absolute atomic E-state index is 11.9. The lowest BCUT2D eigenvalue weighted by atomic mass is 9.89. The van der Waals surface area contributed by atoms with Crippen LogP contribution >= 0.6 is 0 Å². The summed E-state index contributed by atoms with van der Waals surface area (Å²) in [5, 5.41) is 2.13. The second-order valence-corrected chi connectivity index (χ2v) is 8.54. The van der Waals surface area contributed by atoms with Crippen LogP contribution in [0.2, 0.25) is 0 Å². The van der Waals surface area contributed by atoms with Gasteiger partial charge in [0, 0.05) is 23.8 Å². The molecular weight excluding hydrogens is 482 g/mol. The Bertz CT molecular complexity index is 1240. The van der Waals surface area contributed by atoms with Gasteiger partial charge in [0.25, 0.3) is 0 Å². The number of unbranched alkanes of at least 4 members (excludes halogenated alkanes) is 1. The first kappa shape index (κ1) is 27.4. The van der Waals surface area contributed by atoms with Crippen molar-refractivity contribution in [1.29, 1.82) is 0 Å². The monoisotopic (exact) mass is 515 g/mol. The zero-order chi connectivity index (χ0) is 24.9. The van der Waals surface area contributed by atoms with Gasteiger partial charge < -0.3 is 36.1 Å². The number of benzene rings is 2. The van der Waals surface area contributed by atoms with E-state index >= 15 is 0 Å². The van der Waals surface area contributed by atoms with Crippen molar-refractivity contribution in [1.82, 2.24) is 0 Å². The van der Waals surface area contributed by atoms with Crippen LogP contribution < -0.4 is 35.9 Å². The molecule has 4 rings (SSSR count). The van der Waals surface area contributed by atoms with Crippen molar-refractivity contribution in [2.24, 2.45) is 0 Å². The molecule has 8 heteroatoms. The third kappa shape index (κ3) is 5.16. The van der Waals surface area contributed by atoms with Crippen LogP contribution in [0.3, 0.4) is 0 Å². The van der Waals surface area contributed by atoms with Gasteiger partial charge in [0.15, 0.2) is 35.7 Å². The van der Waals surface area contributed by atoms with Crippen LogP contribution in [0, 0.1) is 0 Å². The van der Waals surface area contributed by atoms with E-state index < -0.39 is 0 Å². The smallest absolute Gasteiger partial charge is 0.305 e. The average molecular weight is 516 g/mol. The van der Waals surface area contributed by atoms with E-state index in [1.807, 2.05) is 13.0 Å². The summed E-state index contributed by atoms with van der Waals surface area (Å²) in [4.78, 5) is 11.9. The molecule has 0 spiro atoms. The fourth-order valence-corrected chi connectivity index (χ4v) is 5.00. The molecule has 0 amide bonds. The van der Waals surface area contributed by atoms with Crippen LogP contribution in [0.25, 0.3) is 22.0 Å². The number of aromatic nitrogens is 1. The highest BCUT2D eigenvalue weighted by Gasteiger charge is 2.31. The number of hydrogen-bond acceptors (Lipinski definition) is 6. The molecule has 2 aromatic carbocycles. The molecule has 0 N–H and O–H groups in total. The molecule has 0 saturated heterocycles. The fraction of sp³-hybridized carbons (Fsp3) is 0.429. The molecule has 7 nitrogen and oxygen atoms in total. The van der Waals surface area contributed by atoms with Gasteiger partial charge in [-0.05, 0) is 56.0 Å². The Kier molecular flexibility index (Phi) is 9.26. The minimum Gasteiger partial charge on any atom is -1.00 e. The van der Waals surface area contributed by atoms with Gasteiger partial charge in [-0.3, -0.25) is 4.79 Å². The normalized spacial score (nSPS) is 11.7. The molecule has 0 aliphatic carbocycles. The molecule has 0 fully saturated rings. The first-order valence-corrected chi connectivity index (χ1v) is 12.1. The summed E-state index contributed by atoms with van der Waals surface area (Å²) in [5.41, 5.74) is 4.77. The van der Waals surface area contributed by atoms with Crippen molar-refractivity contribution in [2.75, 3.05) is 35.0 Å². The lowest BCUT2D eigenvalue weighted by molar-refractivity contribution is -0.686. The third-order valence-electron chi connectivity index (χ3n) is 6.62. The highest BCUT2D eigenvalue weighted by atomic mass is 35.5. The minimum atomic E-state index is -0.143. The first-order valence-electron chi connectivity index (χ1n) is 12.1. The van der Waals surface area contributed by atoms with Crippen molar-refractivity contribution in [2.45, 2.75) is 45.6 Å². The predicted octanol–water partition coefficient (Wildman–Crippen LogP) is 1.66. The molecule has 36 heavy (non-hydrogen) atoms. The lowest BCUT2D eigenvalue weighted by Crippen LogP contribution is -3.00. The highest BCUT2D eigenvalue weighted by molar-refractivity contribution is 5.95. The topological polar surface area (TPSA) is 67.1 Å². The number of carbonyl (C=O) groups is 1. The Morgan fingerprint density at radius 1 is 0.917 bits per heavy atom. The SMILES string of the molecule is CCOC(=O)CCCCc1c2[n+](cc3c(OC)c(OC)ccc13)CCc1cc(OC)c(OC)cc1-2.[Cl-]. The van der Waals surface area contributed by atoms with Gasteiger partial charge in [-0.15, -0.1) is 0 Å². The van der Waals surface area contributed by atoms with Gasteiger partial charge in [-0.1, -0.05) is 0 Å². The highest BCUT2D eigenvalue weighted by Crippen LogP contribution is 2.42. The van der Waals surface area contributed by atoms with Crippen molar-refractivity contribution < 1.29 is 45.5 Å². The predicted molar refractivity (Wildman–Crippen MR) is 134 cm³/mol. The standard InChI is InChI=1S/C28H34NO6.ClH/c1-6-35-26(30)10-8-7-9-20-19-11-12-23(31-2)28(34-5)22(19)17-29-14-13-18-15-24(32-3)25(33-4)16-21(18)27(20)29;/h11-12,15-17H,6-10,13-14H2,1-5H3;1H/q+1;/p-1. The van der Waals surface area contributed by atoms with Gasteiger partial charge in [-0.25, -0.2) is 0 Å². The summed E-state index contributed by atoms with van der Waals surface area (Å²) in [7, 11) is 6.65. The molecular formula is C28H34ClNO6. The molecule has 0 saturated carbocycles. The zero-order valence-electron chi connectivity index (χ0n) is 21.6. The van der Waals surface area contributed by atoms with E-state index in [1.54, 1.807) is 28.4 Å². The zero-order valence-corrected chi connectivity index (χ0v) is 22.4. The van der Waals surface area contributed by atoms with Crippen LogP contribution in [0.15, 0.2) is 30.5 Å². The van der Waals surface area contributed by atoms with Gasteiger partial charge in [0.1, 0.15) is 0 Å². The Morgan fingerprint density at radius 2 is 1.64 bits per heavy atom. The van der Waals surface area contributed by atoms with Crippen molar-refractivity contribution >= 4 is 16.7 Å². The molecule has 2 heterocycles. The second-order valence-electron chi connectivity index (χ2n) is 8.54. The van der Waals surface area contributed by atoms with E-state index in [4.69, 9.17) is 23.7 Å². The summed E-state index contributed by atoms with van der Waals surface area (Å²) in [5.74, 6) is 2.74. The number of pyridine rings is 1. The van der Waals surface area contributed by atoms with Crippen LogP contribution in [-0.4, -0.2) is 41.0 Å². The Labute approximate surface area is 218 Å². The maximum atomic E-state index is 11.9. The molecule has 1 aliphatic heterocycles. The van der Waals surface area contributed by atoms with Gasteiger partial charge in [0.2, 0.25) is 5.69 Å². The fourth-order valence-electron chi connectivity index (χ4n) is 5.00. The number of hydrogen-bond donors (Lipinski definition) is 0. The first-order chi connectivity index (χ1) is 17.1. The summed E-state index contributed by atoms with van der Waals surface area (Å²) in [6, 6.07) is 8.22. The molecule has 0 unspecified atom stereocenters. The van der Waals surface area contributed by atoms with E-state index in [-0.39, 0.29) is 18.4 Å². The average Bonchev–Trinajstić information content (AvgIpc) is 2.88. The second kappa shape index (κ2) is 12.2. The number of nitrogens with zero attached hydrogens (tertiary/aromatic N) is 1. The van der Waals surface area contributed by atoms with Crippen LogP contribution in [0.4, 0.5) is 0 Å². The molecule has 3 aromatic rings. The number of fused-ring (bicyclic) bond motifs is 4. The van der Waals surface area contributed by atoms with E-state index in [0.717, 1.165) is 60.1 Å². The number of carbonyl (C=O) groups excluding carboxylic acids is 1. The summed E-state index contributed by atoms with van der Waals surface area (Å²) in [6.45, 7) is 3.08. The van der Waals surface area contributed by atoms with E-state index in [2.05, 4.69) is 29.0 Å². The summed E-state index contributed by atoms with van der Waals surface area (Å²) in [6.07, 6.45) is 5.91. The lowest BCUT2D eigenvalue weighted by Gasteiger charge is -2.22. The Hall–Kier alpha value is -3.19. The van der Waals surface area contributed by atoms with E-state index in [1.165, 1.54) is 16.8 Å². The van der Waals surface area contributed by atoms with Gasteiger partial charge in [-0.2, -0.15) is 4.57 Å². The minimum absolute atomic E-state index is 0. The van der Waals surface area contributed by atoms with Crippen LogP contribution in [-0.2, 0) is 28.9 Å². The molecule has 0 bridgehead atoms. The third-order valence-corrected chi connectivity index (χ3v) is 6.62. The molecule has 194 valence electrons. The number of aryl methyl sites for hydroxylation is 3. The van der Waals surface area contributed by atoms with E-state index in [0.29, 0.717) is 24.5 Å². The Balaban J connectivity index is 0.00000361. The number of esters is 1. The van der Waals surface area contributed by atoms with Gasteiger partial charge >= 0.3 is 5.97 Å². The largest absolute Gasteiger partial charge is 1.00 e. The molecule has 0 atom stereocenters. The number of methoxy groups -OCH3 is 4. The van der Waals surface area contributed by atoms with Crippen LogP contribution in [0.1, 0.15) is 37.3 Å². The quantitative estimate of drug-likeness (QED) is 0.232. The maximum Gasteiger partial charge on any atom is 0.305 e. The van der Waals surface area contributed by atoms with Crippen molar-refractivity contribution in [3.05, 3.63) is 41.6 Å². The molecule has 1 aromatic heterocycles. The molecule has 0 radical (unpaired) electrons. The Morgan fingerprint density at radius 3 is 2.31 bits per heavy atom. The van der Waals surface area contributed by atoms with Crippen molar-refractivity contribution in [3.8, 4) is 34.3 Å². The van der Waals surface area contributed by atoms with E-state index in [9.17, 15) is 4.79 Å². The number of rotatable bonds is 10. The number of halogens is 1. The van der Waals surface area contributed by atoms with Crippen molar-refractivity contribution in [3.63, 3.8) is 0 Å². The summed E-state index contributed by atoms with van der Waals surface area (Å²) < 4.78 is 30.0. The summed E-state index contributed by atoms with van der Waals surface area (Å²) >= 11 is 0. The number of ether oxygens (including phenoxy) is 5. The van der Waals surface area contributed by atoms with Gasteiger partial charge in [0.05, 0.1) is 46.0 Å². The molecule has 1 aliphatic rings. The van der Waals surface area contributed by atoms with Crippen LogP contribution in [0.5, 0.6) is 23.0 Å².